The van der Waals surface area contributed by atoms with Crippen LogP contribution >= 0.6 is 36.9 Å². The zero-order chi connectivity index (χ0) is 8.27. The Morgan fingerprint density at radius 2 is 1.91 bits per heavy atom. The van der Waals surface area contributed by atoms with Gasteiger partial charge in [-0.15, -0.1) is 25.3 Å². The van der Waals surface area contributed by atoms with E-state index in [1.165, 1.54) is 0 Å². The lowest BCUT2D eigenvalue weighted by Gasteiger charge is -2.09. The van der Waals surface area contributed by atoms with Crippen LogP contribution in [0.1, 0.15) is 0 Å². The van der Waals surface area contributed by atoms with Crippen molar-refractivity contribution in [1.29, 1.82) is 0 Å². The summed E-state index contributed by atoms with van der Waals surface area (Å²) in [6, 6.07) is 7.47. The lowest BCUT2D eigenvalue weighted by atomic mass is 10.3. The van der Waals surface area contributed by atoms with E-state index in [2.05, 4.69) is 30.6 Å². The van der Waals surface area contributed by atoms with Gasteiger partial charge in [0.25, 0.3) is 0 Å². The average molecular weight is 206 g/mol. The number of para-hydroxylation sites is 1. The Labute approximate surface area is 82.0 Å². The van der Waals surface area contributed by atoms with Gasteiger partial charge in [0.05, 0.1) is 10.7 Å². The van der Waals surface area contributed by atoms with Crippen molar-refractivity contribution in [3.05, 3.63) is 29.3 Å². The van der Waals surface area contributed by atoms with Gasteiger partial charge in [0.15, 0.2) is 0 Å². The fraction of sp³-hybridized carbons (Fsp3) is 0.143. The molecule has 0 heterocycles. The van der Waals surface area contributed by atoms with Gasteiger partial charge in [-0.05, 0) is 12.1 Å². The van der Waals surface area contributed by atoms with Gasteiger partial charge in [-0.25, -0.2) is 0 Å². The SMILES string of the molecule is SC(S)Nc1ccccc1Cl. The van der Waals surface area contributed by atoms with Crippen molar-refractivity contribution in [3.8, 4) is 0 Å². The number of rotatable bonds is 2. The third-order valence-corrected chi connectivity index (χ3v) is 1.75. The second kappa shape index (κ2) is 4.14. The Bertz CT molecular complexity index is 240. The number of halogens is 1. The number of anilines is 1. The molecule has 0 aliphatic carbocycles. The molecule has 0 spiro atoms. The summed E-state index contributed by atoms with van der Waals surface area (Å²) in [5.74, 6) is 0. The van der Waals surface area contributed by atoms with E-state index in [1.807, 2.05) is 24.3 Å². The van der Waals surface area contributed by atoms with E-state index >= 15 is 0 Å². The number of benzene rings is 1. The van der Waals surface area contributed by atoms with Crippen LogP contribution in [0.3, 0.4) is 0 Å². The summed E-state index contributed by atoms with van der Waals surface area (Å²) >= 11 is 13.9. The highest BCUT2D eigenvalue weighted by molar-refractivity contribution is 7.99. The summed E-state index contributed by atoms with van der Waals surface area (Å²) in [7, 11) is 0. The zero-order valence-electron chi connectivity index (χ0n) is 5.66. The van der Waals surface area contributed by atoms with E-state index in [-0.39, 0.29) is 4.71 Å². The van der Waals surface area contributed by atoms with Crippen molar-refractivity contribution in [2.24, 2.45) is 0 Å². The monoisotopic (exact) mass is 205 g/mol. The number of nitrogens with one attached hydrogen (secondary N) is 1. The van der Waals surface area contributed by atoms with Crippen molar-refractivity contribution in [1.82, 2.24) is 0 Å². The first-order valence-corrected chi connectivity index (χ1v) is 4.48. The summed E-state index contributed by atoms with van der Waals surface area (Å²) < 4.78 is -0.185. The predicted molar refractivity (Wildman–Crippen MR) is 56.8 cm³/mol. The first-order valence-electron chi connectivity index (χ1n) is 3.07. The van der Waals surface area contributed by atoms with Crippen molar-refractivity contribution < 1.29 is 0 Å². The molecule has 0 radical (unpaired) electrons. The molecule has 0 aliphatic heterocycles. The Kier molecular flexibility index (Phi) is 3.43. The highest BCUT2D eigenvalue weighted by Crippen LogP contribution is 2.22. The predicted octanol–water partition coefficient (Wildman–Crippen LogP) is 2.90. The molecule has 1 aromatic carbocycles. The lowest BCUT2D eigenvalue weighted by Crippen LogP contribution is -2.04. The Balaban J connectivity index is 2.78. The Hall–Kier alpha value is 0.01000. The summed E-state index contributed by atoms with van der Waals surface area (Å²) in [6.45, 7) is 0. The minimum absolute atomic E-state index is 0.185. The van der Waals surface area contributed by atoms with E-state index in [4.69, 9.17) is 11.6 Å². The smallest absolute Gasteiger partial charge is 0.114 e. The van der Waals surface area contributed by atoms with Crippen LogP contribution in [-0.4, -0.2) is 4.71 Å². The zero-order valence-corrected chi connectivity index (χ0v) is 8.20. The molecule has 1 N–H and O–H groups in total. The van der Waals surface area contributed by atoms with E-state index in [9.17, 15) is 0 Å². The molecule has 0 fully saturated rings. The van der Waals surface area contributed by atoms with Crippen LogP contribution in [0.4, 0.5) is 5.69 Å². The molecule has 0 atom stereocenters. The molecular formula is C7H8ClNS2. The summed E-state index contributed by atoms with van der Waals surface area (Å²) in [4.78, 5) is 0. The second-order valence-corrected chi connectivity index (χ2v) is 3.85. The van der Waals surface area contributed by atoms with Gasteiger partial charge in [0, 0.05) is 0 Å². The van der Waals surface area contributed by atoms with Crippen LogP contribution in [-0.2, 0) is 0 Å². The largest absolute Gasteiger partial charge is 0.364 e. The molecule has 60 valence electrons. The highest BCUT2D eigenvalue weighted by atomic mass is 35.5. The van der Waals surface area contributed by atoms with Crippen molar-refractivity contribution >= 4 is 42.5 Å². The van der Waals surface area contributed by atoms with Gasteiger partial charge in [-0.1, -0.05) is 23.7 Å². The van der Waals surface area contributed by atoms with Crippen LogP contribution in [0.2, 0.25) is 5.02 Å². The van der Waals surface area contributed by atoms with E-state index in [1.54, 1.807) is 0 Å². The third kappa shape index (κ3) is 2.85. The molecule has 0 saturated carbocycles. The molecule has 1 rings (SSSR count). The van der Waals surface area contributed by atoms with Crippen LogP contribution in [0.15, 0.2) is 24.3 Å². The normalized spacial score (nSPS) is 10.2. The van der Waals surface area contributed by atoms with Crippen molar-refractivity contribution in [2.45, 2.75) is 4.71 Å². The highest BCUT2D eigenvalue weighted by Gasteiger charge is 1.99. The molecule has 4 heteroatoms. The van der Waals surface area contributed by atoms with Gasteiger partial charge in [-0.3, -0.25) is 0 Å². The molecule has 11 heavy (non-hydrogen) atoms. The number of hydrogen-bond donors (Lipinski definition) is 3. The number of thiol groups is 2. The minimum atomic E-state index is -0.185. The van der Waals surface area contributed by atoms with Crippen LogP contribution in [0.25, 0.3) is 0 Å². The van der Waals surface area contributed by atoms with Crippen LogP contribution < -0.4 is 5.32 Å². The van der Waals surface area contributed by atoms with E-state index in [0.717, 1.165) is 5.69 Å². The molecule has 0 unspecified atom stereocenters. The molecule has 0 saturated heterocycles. The van der Waals surface area contributed by atoms with Gasteiger partial charge >= 0.3 is 0 Å². The third-order valence-electron chi connectivity index (χ3n) is 1.16. The quantitative estimate of drug-likeness (QED) is 0.498. The van der Waals surface area contributed by atoms with Gasteiger partial charge in [0.2, 0.25) is 0 Å². The van der Waals surface area contributed by atoms with Crippen molar-refractivity contribution in [2.75, 3.05) is 5.32 Å². The maximum absolute atomic E-state index is 5.84. The van der Waals surface area contributed by atoms with Gasteiger partial charge in [-0.2, -0.15) is 0 Å². The van der Waals surface area contributed by atoms with Gasteiger partial charge in [0.1, 0.15) is 4.71 Å². The summed E-state index contributed by atoms with van der Waals surface area (Å²) in [5.41, 5.74) is 0.851. The molecule has 0 bridgehead atoms. The average Bonchev–Trinajstić information content (AvgIpc) is 1.93. The topological polar surface area (TPSA) is 12.0 Å². The fourth-order valence-electron chi connectivity index (χ4n) is 0.717. The summed E-state index contributed by atoms with van der Waals surface area (Å²) in [5, 5.41) is 3.65. The second-order valence-electron chi connectivity index (χ2n) is 2.00. The molecular weight excluding hydrogens is 198 g/mol. The maximum atomic E-state index is 5.84. The first-order chi connectivity index (χ1) is 5.20. The Morgan fingerprint density at radius 1 is 1.27 bits per heavy atom. The molecule has 0 amide bonds. The molecule has 0 aromatic heterocycles. The molecule has 1 nitrogen and oxygen atoms in total. The van der Waals surface area contributed by atoms with E-state index in [0.29, 0.717) is 5.02 Å². The standard InChI is InChI=1S/C7H8ClNS2/c8-5-3-1-2-4-6(5)9-7(10)11/h1-4,7,9-11H. The maximum Gasteiger partial charge on any atom is 0.114 e. The minimum Gasteiger partial charge on any atom is -0.364 e. The fourth-order valence-corrected chi connectivity index (χ4v) is 1.19. The van der Waals surface area contributed by atoms with Crippen molar-refractivity contribution in [3.63, 3.8) is 0 Å². The number of hydrogen-bond acceptors (Lipinski definition) is 3. The summed E-state index contributed by atoms with van der Waals surface area (Å²) in [6.07, 6.45) is 0. The first kappa shape index (κ1) is 9.10. The van der Waals surface area contributed by atoms with E-state index < -0.39 is 0 Å². The lowest BCUT2D eigenvalue weighted by molar-refractivity contribution is 1.41. The Morgan fingerprint density at radius 3 is 2.45 bits per heavy atom. The molecule has 1 aromatic rings. The van der Waals surface area contributed by atoms with Crippen LogP contribution in [0.5, 0.6) is 0 Å². The van der Waals surface area contributed by atoms with Crippen LogP contribution in [0, 0.1) is 0 Å². The molecule has 0 aliphatic rings. The van der Waals surface area contributed by atoms with Gasteiger partial charge < -0.3 is 5.32 Å².